The minimum absolute atomic E-state index is 0.0840. The maximum absolute atomic E-state index is 15.1. The Bertz CT molecular complexity index is 463. The second-order valence-electron chi connectivity index (χ2n) is 10.0. The van der Waals surface area contributed by atoms with E-state index in [-0.39, 0.29) is 11.3 Å². The molecule has 0 radical (unpaired) electrons. The van der Waals surface area contributed by atoms with Gasteiger partial charge in [-0.2, -0.15) is 0 Å². The van der Waals surface area contributed by atoms with E-state index in [4.69, 9.17) is 0 Å². The van der Waals surface area contributed by atoms with Crippen molar-refractivity contribution < 1.29 is 8.78 Å². The molecule has 0 N–H and O–H groups in total. The first kappa shape index (κ1) is 16.3. The van der Waals surface area contributed by atoms with Crippen molar-refractivity contribution in [2.75, 3.05) is 0 Å². The SMILES string of the molecule is C[C@@H]1CCC2C3CCC4C[C@@H](F)CC[C@]4(C)C3CC[C@]2(C)[C@H]1F. The molecule has 132 valence electrons. The number of halogens is 2. The van der Waals surface area contributed by atoms with Crippen LogP contribution < -0.4 is 0 Å². The molecular weight excluding hydrogens is 290 g/mol. The first-order valence-electron chi connectivity index (χ1n) is 10.1. The van der Waals surface area contributed by atoms with E-state index in [0.717, 1.165) is 38.0 Å². The van der Waals surface area contributed by atoms with E-state index in [2.05, 4.69) is 20.8 Å². The van der Waals surface area contributed by atoms with Crippen molar-refractivity contribution in [3.8, 4) is 0 Å². The van der Waals surface area contributed by atoms with Crippen molar-refractivity contribution in [2.45, 2.75) is 90.9 Å². The molecular formula is C21H34F2. The molecule has 0 aromatic carbocycles. The van der Waals surface area contributed by atoms with E-state index < -0.39 is 12.3 Å². The highest BCUT2D eigenvalue weighted by Crippen LogP contribution is 2.66. The van der Waals surface area contributed by atoms with Gasteiger partial charge in [-0.15, -0.1) is 0 Å². The van der Waals surface area contributed by atoms with Crippen molar-refractivity contribution in [3.63, 3.8) is 0 Å². The van der Waals surface area contributed by atoms with Crippen LogP contribution in [0.1, 0.15) is 78.6 Å². The molecule has 0 heterocycles. The van der Waals surface area contributed by atoms with Crippen LogP contribution in [0.5, 0.6) is 0 Å². The third kappa shape index (κ3) is 2.25. The predicted molar refractivity (Wildman–Crippen MR) is 90.7 cm³/mol. The average Bonchev–Trinajstić information content (AvgIpc) is 2.52. The minimum Gasteiger partial charge on any atom is -0.247 e. The van der Waals surface area contributed by atoms with Gasteiger partial charge < -0.3 is 0 Å². The van der Waals surface area contributed by atoms with Gasteiger partial charge in [-0.05, 0) is 92.8 Å². The van der Waals surface area contributed by atoms with Gasteiger partial charge >= 0.3 is 0 Å². The lowest BCUT2D eigenvalue weighted by Gasteiger charge is -2.63. The van der Waals surface area contributed by atoms with Gasteiger partial charge in [-0.3, -0.25) is 0 Å². The second kappa shape index (κ2) is 5.43. The molecule has 9 atom stereocenters. The minimum atomic E-state index is -0.616. The summed E-state index contributed by atoms with van der Waals surface area (Å²) in [6.45, 7) is 6.82. The van der Waals surface area contributed by atoms with Crippen LogP contribution in [-0.2, 0) is 0 Å². The fraction of sp³-hybridized carbons (Fsp3) is 1.00. The Morgan fingerprint density at radius 2 is 1.48 bits per heavy atom. The lowest BCUT2D eigenvalue weighted by Crippen LogP contribution is -2.57. The van der Waals surface area contributed by atoms with Crippen LogP contribution in [0.15, 0.2) is 0 Å². The monoisotopic (exact) mass is 324 g/mol. The van der Waals surface area contributed by atoms with Gasteiger partial charge in [0, 0.05) is 5.41 Å². The average molecular weight is 324 g/mol. The number of hydrogen-bond acceptors (Lipinski definition) is 0. The molecule has 23 heavy (non-hydrogen) atoms. The molecule has 2 heteroatoms. The van der Waals surface area contributed by atoms with Crippen LogP contribution >= 0.6 is 0 Å². The topological polar surface area (TPSA) is 0 Å². The smallest absolute Gasteiger partial charge is 0.108 e. The molecule has 4 unspecified atom stereocenters. The standard InChI is InChI=1S/C21H34F2/c1-13-4-7-17-16-6-5-14-12-15(22)8-10-20(14,2)18(16)9-11-21(17,3)19(13)23/h13-19H,4-12H2,1-3H3/t13-,14?,15+,16?,17?,18?,19+,20+,21+/m1/s1. The first-order valence-corrected chi connectivity index (χ1v) is 10.1. The van der Waals surface area contributed by atoms with Crippen LogP contribution in [0, 0.1) is 40.4 Å². The van der Waals surface area contributed by atoms with Crippen LogP contribution in [0.3, 0.4) is 0 Å². The van der Waals surface area contributed by atoms with Gasteiger partial charge in [-0.1, -0.05) is 20.8 Å². The van der Waals surface area contributed by atoms with Crippen LogP contribution in [0.4, 0.5) is 8.78 Å². The van der Waals surface area contributed by atoms with Gasteiger partial charge in [0.05, 0.1) is 0 Å². The molecule has 0 amide bonds. The van der Waals surface area contributed by atoms with Gasteiger partial charge in [0.2, 0.25) is 0 Å². The fourth-order valence-electron chi connectivity index (χ4n) is 7.68. The van der Waals surface area contributed by atoms with Gasteiger partial charge in [0.15, 0.2) is 0 Å². The zero-order valence-corrected chi connectivity index (χ0v) is 15.2. The van der Waals surface area contributed by atoms with Crippen LogP contribution in [0.2, 0.25) is 0 Å². The zero-order chi connectivity index (χ0) is 16.4. The van der Waals surface area contributed by atoms with E-state index in [9.17, 15) is 4.39 Å². The third-order valence-corrected chi connectivity index (χ3v) is 9.10. The molecule has 4 saturated carbocycles. The zero-order valence-electron chi connectivity index (χ0n) is 15.2. The molecule has 0 aliphatic heterocycles. The van der Waals surface area contributed by atoms with E-state index in [1.165, 1.54) is 25.7 Å². The predicted octanol–water partition coefficient (Wildman–Crippen LogP) is 6.34. The van der Waals surface area contributed by atoms with Crippen molar-refractivity contribution in [1.82, 2.24) is 0 Å². The van der Waals surface area contributed by atoms with Gasteiger partial charge in [0.1, 0.15) is 12.3 Å². The highest BCUT2D eigenvalue weighted by molar-refractivity contribution is 5.09. The Kier molecular flexibility index (Phi) is 3.86. The van der Waals surface area contributed by atoms with Gasteiger partial charge in [-0.25, -0.2) is 8.78 Å². The lowest BCUT2D eigenvalue weighted by molar-refractivity contribution is -0.158. The molecule has 4 aliphatic carbocycles. The van der Waals surface area contributed by atoms with Crippen molar-refractivity contribution >= 4 is 0 Å². The Hall–Kier alpha value is -0.140. The molecule has 0 aromatic rings. The Morgan fingerprint density at radius 1 is 0.783 bits per heavy atom. The van der Waals surface area contributed by atoms with E-state index >= 15 is 4.39 Å². The number of rotatable bonds is 0. The van der Waals surface area contributed by atoms with Crippen molar-refractivity contribution in [1.29, 1.82) is 0 Å². The second-order valence-corrected chi connectivity index (χ2v) is 10.0. The summed E-state index contributed by atoms with van der Waals surface area (Å²) in [5.74, 6) is 2.83. The summed E-state index contributed by atoms with van der Waals surface area (Å²) < 4.78 is 29.0. The molecule has 0 nitrogen and oxygen atoms in total. The molecule has 4 aliphatic rings. The third-order valence-electron chi connectivity index (χ3n) is 9.10. The highest BCUT2D eigenvalue weighted by Gasteiger charge is 2.60. The quantitative estimate of drug-likeness (QED) is 0.487. The number of fused-ring (bicyclic) bond motifs is 5. The summed E-state index contributed by atoms with van der Waals surface area (Å²) >= 11 is 0. The molecule has 0 bridgehead atoms. The summed E-state index contributed by atoms with van der Waals surface area (Å²) in [6.07, 6.45) is 8.42. The van der Waals surface area contributed by atoms with E-state index in [1.807, 2.05) is 0 Å². The van der Waals surface area contributed by atoms with E-state index in [1.54, 1.807) is 0 Å². The first-order chi connectivity index (χ1) is 10.9. The Morgan fingerprint density at radius 3 is 2.26 bits per heavy atom. The molecule has 0 aromatic heterocycles. The number of hydrogen-bond donors (Lipinski definition) is 0. The number of alkyl halides is 2. The molecule has 4 rings (SSSR count). The lowest BCUT2D eigenvalue weighted by atomic mass is 9.42. The van der Waals surface area contributed by atoms with Crippen LogP contribution in [-0.4, -0.2) is 12.3 Å². The highest BCUT2D eigenvalue weighted by atomic mass is 19.1. The molecule has 0 spiro atoms. The van der Waals surface area contributed by atoms with Gasteiger partial charge in [0.25, 0.3) is 0 Å². The summed E-state index contributed by atoms with van der Waals surface area (Å²) in [7, 11) is 0. The summed E-state index contributed by atoms with van der Waals surface area (Å²) in [5.41, 5.74) is 0.251. The van der Waals surface area contributed by atoms with E-state index in [0.29, 0.717) is 23.2 Å². The Labute approximate surface area is 140 Å². The summed E-state index contributed by atoms with van der Waals surface area (Å²) in [4.78, 5) is 0. The van der Waals surface area contributed by atoms with Crippen LogP contribution in [0.25, 0.3) is 0 Å². The summed E-state index contributed by atoms with van der Waals surface area (Å²) in [6, 6.07) is 0. The maximum Gasteiger partial charge on any atom is 0.108 e. The van der Waals surface area contributed by atoms with Crippen molar-refractivity contribution in [2.24, 2.45) is 40.4 Å². The largest absolute Gasteiger partial charge is 0.247 e. The summed E-state index contributed by atoms with van der Waals surface area (Å²) in [5, 5.41) is 0. The fourth-order valence-corrected chi connectivity index (χ4v) is 7.68. The normalized spacial score (nSPS) is 59.6. The maximum atomic E-state index is 15.1. The van der Waals surface area contributed by atoms with Crippen molar-refractivity contribution in [3.05, 3.63) is 0 Å². The Balaban J connectivity index is 1.62. The molecule has 4 fully saturated rings. The molecule has 0 saturated heterocycles.